The van der Waals surface area contributed by atoms with E-state index in [2.05, 4.69) is 0 Å². The van der Waals surface area contributed by atoms with Crippen LogP contribution in [0.5, 0.6) is 0 Å². The Kier molecular flexibility index (Phi) is 4.02. The molecule has 1 aromatic rings. The monoisotopic (exact) mass is 221 g/mol. The predicted octanol–water partition coefficient (Wildman–Crippen LogP) is 0.315. The minimum atomic E-state index is -0.907. The topological polar surface area (TPSA) is 113 Å². The summed E-state index contributed by atoms with van der Waals surface area (Å²) >= 11 is 0. The normalized spacial score (nSPS) is 12.1. The number of nitrogens with one attached hydrogen (secondary N) is 1. The van der Waals surface area contributed by atoms with E-state index in [1.165, 1.54) is 0 Å². The fraction of sp³-hybridized carbons (Fsp3) is 0.273. The molecular weight excluding hydrogens is 206 g/mol. The summed E-state index contributed by atoms with van der Waals surface area (Å²) in [5, 5.41) is 15.9. The van der Waals surface area contributed by atoms with Crippen molar-refractivity contribution in [2.45, 2.75) is 18.9 Å². The molecule has 0 bridgehead atoms. The molecule has 5 nitrogen and oxygen atoms in total. The summed E-state index contributed by atoms with van der Waals surface area (Å²) in [4.78, 5) is 10.4. The average molecular weight is 221 g/mol. The van der Waals surface area contributed by atoms with E-state index in [9.17, 15) is 4.79 Å². The number of carboxylic acids is 1. The summed E-state index contributed by atoms with van der Waals surface area (Å²) in [5.74, 6) is -0.913. The van der Waals surface area contributed by atoms with Gasteiger partial charge in [-0.3, -0.25) is 10.2 Å². The van der Waals surface area contributed by atoms with Crippen LogP contribution in [0.1, 0.15) is 17.5 Å². The van der Waals surface area contributed by atoms with E-state index < -0.39 is 12.0 Å². The molecule has 0 saturated carbocycles. The maximum absolute atomic E-state index is 10.4. The predicted molar refractivity (Wildman–Crippen MR) is 61.4 cm³/mol. The number of amidine groups is 1. The Labute approximate surface area is 93.6 Å². The molecule has 1 rings (SSSR count). The van der Waals surface area contributed by atoms with Gasteiger partial charge in [-0.25, -0.2) is 0 Å². The smallest absolute Gasteiger partial charge is 0.304 e. The van der Waals surface area contributed by atoms with Gasteiger partial charge in [0.15, 0.2) is 0 Å². The Morgan fingerprint density at radius 2 is 2.19 bits per heavy atom. The summed E-state index contributed by atoms with van der Waals surface area (Å²) in [6, 6.07) is 6.69. The average Bonchev–Trinajstić information content (AvgIpc) is 2.16. The van der Waals surface area contributed by atoms with Crippen LogP contribution in [0.4, 0.5) is 0 Å². The molecule has 16 heavy (non-hydrogen) atoms. The van der Waals surface area contributed by atoms with E-state index in [1.54, 1.807) is 18.2 Å². The van der Waals surface area contributed by atoms with Gasteiger partial charge in [0.1, 0.15) is 5.84 Å². The fourth-order valence-corrected chi connectivity index (χ4v) is 1.47. The maximum atomic E-state index is 10.4. The van der Waals surface area contributed by atoms with Gasteiger partial charge in [0.05, 0.1) is 6.42 Å². The molecule has 0 aliphatic rings. The van der Waals surface area contributed by atoms with Crippen LogP contribution in [0.15, 0.2) is 24.3 Å². The third kappa shape index (κ3) is 3.70. The van der Waals surface area contributed by atoms with Crippen molar-refractivity contribution in [2.75, 3.05) is 0 Å². The molecule has 0 heterocycles. The van der Waals surface area contributed by atoms with Crippen molar-refractivity contribution in [2.24, 2.45) is 11.5 Å². The lowest BCUT2D eigenvalue weighted by Gasteiger charge is -2.09. The maximum Gasteiger partial charge on any atom is 0.304 e. The molecule has 1 aromatic carbocycles. The number of nitrogens with two attached hydrogens (primary N) is 2. The van der Waals surface area contributed by atoms with Gasteiger partial charge in [0.2, 0.25) is 0 Å². The van der Waals surface area contributed by atoms with E-state index >= 15 is 0 Å². The first-order valence-electron chi connectivity index (χ1n) is 4.89. The van der Waals surface area contributed by atoms with Crippen LogP contribution in [0.2, 0.25) is 0 Å². The SMILES string of the molecule is N=C(N)c1cccc(C[C@H](N)CC(=O)O)c1. The molecule has 86 valence electrons. The van der Waals surface area contributed by atoms with Crippen LogP contribution in [0, 0.1) is 5.41 Å². The van der Waals surface area contributed by atoms with Gasteiger partial charge in [0.25, 0.3) is 0 Å². The van der Waals surface area contributed by atoms with Crippen LogP contribution in [0.3, 0.4) is 0 Å². The zero-order chi connectivity index (χ0) is 12.1. The molecule has 0 amide bonds. The summed E-state index contributed by atoms with van der Waals surface area (Å²) in [6.07, 6.45) is 0.401. The van der Waals surface area contributed by atoms with Crippen molar-refractivity contribution in [3.63, 3.8) is 0 Å². The zero-order valence-corrected chi connectivity index (χ0v) is 8.81. The number of carboxylic acid groups (broad SMARTS) is 1. The molecule has 0 radical (unpaired) electrons. The van der Waals surface area contributed by atoms with E-state index in [-0.39, 0.29) is 12.3 Å². The number of carbonyl (C=O) groups is 1. The number of rotatable bonds is 5. The van der Waals surface area contributed by atoms with E-state index in [0.29, 0.717) is 12.0 Å². The molecule has 1 atom stereocenters. The van der Waals surface area contributed by atoms with Gasteiger partial charge in [-0.15, -0.1) is 0 Å². The quantitative estimate of drug-likeness (QED) is 0.423. The lowest BCUT2D eigenvalue weighted by molar-refractivity contribution is -0.137. The highest BCUT2D eigenvalue weighted by atomic mass is 16.4. The molecule has 5 heteroatoms. The van der Waals surface area contributed by atoms with Crippen molar-refractivity contribution < 1.29 is 9.90 Å². The Morgan fingerprint density at radius 1 is 1.50 bits per heavy atom. The largest absolute Gasteiger partial charge is 0.481 e. The first-order valence-corrected chi connectivity index (χ1v) is 4.89. The van der Waals surface area contributed by atoms with Crippen molar-refractivity contribution >= 4 is 11.8 Å². The van der Waals surface area contributed by atoms with Gasteiger partial charge in [-0.1, -0.05) is 18.2 Å². The van der Waals surface area contributed by atoms with Crippen LogP contribution >= 0.6 is 0 Å². The van der Waals surface area contributed by atoms with Crippen LogP contribution < -0.4 is 11.5 Å². The molecule has 0 unspecified atom stereocenters. The first kappa shape index (κ1) is 12.2. The number of aliphatic carboxylic acids is 1. The lowest BCUT2D eigenvalue weighted by Crippen LogP contribution is -2.26. The Hall–Kier alpha value is -1.88. The number of benzene rings is 1. The Morgan fingerprint density at radius 3 is 2.75 bits per heavy atom. The van der Waals surface area contributed by atoms with Crippen LogP contribution in [0.25, 0.3) is 0 Å². The number of hydrogen-bond acceptors (Lipinski definition) is 3. The summed E-state index contributed by atoms with van der Waals surface area (Å²) in [6.45, 7) is 0. The first-order chi connectivity index (χ1) is 7.49. The van der Waals surface area contributed by atoms with Crippen molar-refractivity contribution in [3.05, 3.63) is 35.4 Å². The molecule has 0 saturated heterocycles. The van der Waals surface area contributed by atoms with Crippen LogP contribution in [-0.4, -0.2) is 23.0 Å². The van der Waals surface area contributed by atoms with Gasteiger partial charge in [0, 0.05) is 11.6 Å². The molecule has 0 aliphatic carbocycles. The summed E-state index contributed by atoms with van der Waals surface area (Å²) < 4.78 is 0. The fourth-order valence-electron chi connectivity index (χ4n) is 1.47. The molecular formula is C11H15N3O2. The minimum absolute atomic E-state index is 0.00587. The van der Waals surface area contributed by atoms with Gasteiger partial charge in [-0.05, 0) is 18.1 Å². The second-order valence-corrected chi connectivity index (χ2v) is 3.68. The van der Waals surface area contributed by atoms with E-state index in [0.717, 1.165) is 5.56 Å². The molecule has 0 spiro atoms. The third-order valence-corrected chi connectivity index (χ3v) is 2.17. The highest BCUT2D eigenvalue weighted by Gasteiger charge is 2.09. The van der Waals surface area contributed by atoms with Crippen LogP contribution in [-0.2, 0) is 11.2 Å². The molecule has 0 fully saturated rings. The third-order valence-electron chi connectivity index (χ3n) is 2.17. The number of nitrogen functional groups attached to an aromatic ring is 1. The van der Waals surface area contributed by atoms with Gasteiger partial charge < -0.3 is 16.6 Å². The molecule has 6 N–H and O–H groups in total. The minimum Gasteiger partial charge on any atom is -0.481 e. The van der Waals surface area contributed by atoms with E-state index in [4.69, 9.17) is 22.0 Å². The van der Waals surface area contributed by atoms with Crippen molar-refractivity contribution in [1.29, 1.82) is 5.41 Å². The van der Waals surface area contributed by atoms with Gasteiger partial charge >= 0.3 is 5.97 Å². The van der Waals surface area contributed by atoms with Crippen molar-refractivity contribution in [1.82, 2.24) is 0 Å². The second-order valence-electron chi connectivity index (χ2n) is 3.68. The Balaban J connectivity index is 2.70. The standard InChI is InChI=1S/C11H15N3O2/c12-9(6-10(15)16)5-7-2-1-3-8(4-7)11(13)14/h1-4,9H,5-6,12H2,(H3,13,14)(H,15,16)/t9-/m0/s1. The zero-order valence-electron chi connectivity index (χ0n) is 8.81. The lowest BCUT2D eigenvalue weighted by atomic mass is 10.0. The van der Waals surface area contributed by atoms with Crippen molar-refractivity contribution in [3.8, 4) is 0 Å². The molecule has 0 aliphatic heterocycles. The van der Waals surface area contributed by atoms with E-state index in [1.807, 2.05) is 6.07 Å². The summed E-state index contributed by atoms with van der Waals surface area (Å²) in [7, 11) is 0. The Bertz CT molecular complexity index is 404. The van der Waals surface area contributed by atoms with Gasteiger partial charge in [-0.2, -0.15) is 0 Å². The second kappa shape index (κ2) is 5.27. The summed E-state index contributed by atoms with van der Waals surface area (Å²) in [5.41, 5.74) is 12.5. The highest BCUT2D eigenvalue weighted by molar-refractivity contribution is 5.95. The highest BCUT2D eigenvalue weighted by Crippen LogP contribution is 2.08. The number of hydrogen-bond donors (Lipinski definition) is 4. The molecule has 0 aromatic heterocycles.